The highest BCUT2D eigenvalue weighted by Gasteiger charge is 2.27. The molecule has 0 saturated carbocycles. The standard InChI is InChI=1S/C22H23NO6S2/c1-14-4-7-17(8-5-14)31(26,27)23-19(10-11-30-3)22(25)28-16-6-9-18-15(2)12-21(24)29-20(18)13-16/h4-9,12-13,19,23H,10-11H2,1-3H3. The molecule has 3 aromatic rings. The molecule has 1 aromatic heterocycles. The van der Waals surface area contributed by atoms with Crippen molar-refractivity contribution in [2.75, 3.05) is 12.0 Å². The summed E-state index contributed by atoms with van der Waals surface area (Å²) in [6.45, 7) is 3.64. The number of sulfonamides is 1. The summed E-state index contributed by atoms with van der Waals surface area (Å²) in [4.78, 5) is 24.5. The van der Waals surface area contributed by atoms with E-state index in [2.05, 4.69) is 4.72 Å². The van der Waals surface area contributed by atoms with Crippen molar-refractivity contribution in [3.05, 3.63) is 70.1 Å². The second-order valence-corrected chi connectivity index (χ2v) is 9.80. The average molecular weight is 462 g/mol. The van der Waals surface area contributed by atoms with Crippen LogP contribution in [0.3, 0.4) is 0 Å². The number of esters is 1. The summed E-state index contributed by atoms with van der Waals surface area (Å²) in [5, 5.41) is 0.721. The number of hydrogen-bond donors (Lipinski definition) is 1. The number of ether oxygens (including phenoxy) is 1. The molecule has 1 heterocycles. The molecule has 0 aliphatic heterocycles. The summed E-state index contributed by atoms with van der Waals surface area (Å²) in [5.74, 6) is -0.0175. The molecule has 3 rings (SSSR count). The molecule has 9 heteroatoms. The third kappa shape index (κ3) is 5.75. The van der Waals surface area contributed by atoms with Crippen LogP contribution in [0.15, 0.2) is 62.6 Å². The summed E-state index contributed by atoms with van der Waals surface area (Å²) in [6, 6.07) is 11.4. The smallest absolute Gasteiger partial charge is 0.336 e. The Hall–Kier alpha value is -2.62. The van der Waals surface area contributed by atoms with Crippen molar-refractivity contribution in [3.8, 4) is 5.75 Å². The van der Waals surface area contributed by atoms with Crippen LogP contribution in [0, 0.1) is 13.8 Å². The van der Waals surface area contributed by atoms with Gasteiger partial charge in [0.05, 0.1) is 4.90 Å². The van der Waals surface area contributed by atoms with Gasteiger partial charge in [0.15, 0.2) is 0 Å². The molecule has 1 N–H and O–H groups in total. The van der Waals surface area contributed by atoms with E-state index in [-0.39, 0.29) is 22.6 Å². The van der Waals surface area contributed by atoms with Gasteiger partial charge < -0.3 is 9.15 Å². The fourth-order valence-electron chi connectivity index (χ4n) is 2.99. The van der Waals surface area contributed by atoms with Crippen molar-refractivity contribution in [2.45, 2.75) is 31.2 Å². The van der Waals surface area contributed by atoms with Crippen molar-refractivity contribution in [2.24, 2.45) is 0 Å². The zero-order valence-corrected chi connectivity index (χ0v) is 19.0. The van der Waals surface area contributed by atoms with E-state index in [1.54, 1.807) is 31.2 Å². The predicted molar refractivity (Wildman–Crippen MR) is 121 cm³/mol. The minimum Gasteiger partial charge on any atom is -0.425 e. The van der Waals surface area contributed by atoms with Crippen LogP contribution in [0.4, 0.5) is 0 Å². The largest absolute Gasteiger partial charge is 0.425 e. The highest BCUT2D eigenvalue weighted by Crippen LogP contribution is 2.23. The summed E-state index contributed by atoms with van der Waals surface area (Å²) in [6.07, 6.45) is 2.12. The van der Waals surface area contributed by atoms with Gasteiger partial charge in [-0.15, -0.1) is 0 Å². The lowest BCUT2D eigenvalue weighted by atomic mass is 10.1. The van der Waals surface area contributed by atoms with Gasteiger partial charge in [0, 0.05) is 17.5 Å². The highest BCUT2D eigenvalue weighted by atomic mass is 32.2. The molecular formula is C22H23NO6S2. The quantitative estimate of drug-likeness (QED) is 0.311. The number of fused-ring (bicyclic) bond motifs is 1. The molecule has 1 atom stereocenters. The maximum absolute atomic E-state index is 12.8. The van der Waals surface area contributed by atoms with Gasteiger partial charge in [0.1, 0.15) is 17.4 Å². The lowest BCUT2D eigenvalue weighted by Gasteiger charge is -2.17. The summed E-state index contributed by atoms with van der Waals surface area (Å²) < 4.78 is 38.5. The van der Waals surface area contributed by atoms with Crippen LogP contribution >= 0.6 is 11.8 Å². The van der Waals surface area contributed by atoms with Gasteiger partial charge in [-0.1, -0.05) is 17.7 Å². The van der Waals surface area contributed by atoms with Crippen molar-refractivity contribution >= 4 is 38.7 Å². The second kappa shape index (κ2) is 9.67. The fraction of sp³-hybridized carbons (Fsp3) is 0.273. The van der Waals surface area contributed by atoms with E-state index in [1.165, 1.54) is 36.0 Å². The number of carbonyl (C=O) groups excluding carboxylic acids is 1. The number of aryl methyl sites for hydroxylation is 2. The van der Waals surface area contributed by atoms with Crippen LogP contribution in [-0.4, -0.2) is 32.4 Å². The van der Waals surface area contributed by atoms with Gasteiger partial charge in [0.25, 0.3) is 0 Å². The second-order valence-electron chi connectivity index (χ2n) is 7.10. The molecule has 31 heavy (non-hydrogen) atoms. The van der Waals surface area contributed by atoms with Crippen LogP contribution in [0.1, 0.15) is 17.5 Å². The third-order valence-electron chi connectivity index (χ3n) is 4.67. The van der Waals surface area contributed by atoms with E-state index < -0.39 is 27.7 Å². The molecule has 0 bridgehead atoms. The maximum atomic E-state index is 12.8. The summed E-state index contributed by atoms with van der Waals surface area (Å²) in [7, 11) is -3.91. The molecule has 0 radical (unpaired) electrons. The SMILES string of the molecule is CSCCC(NS(=O)(=O)c1ccc(C)cc1)C(=O)Oc1ccc2c(C)cc(=O)oc2c1. The number of hydrogen-bond acceptors (Lipinski definition) is 7. The van der Waals surface area contributed by atoms with Crippen LogP contribution in [0.5, 0.6) is 5.75 Å². The van der Waals surface area contributed by atoms with E-state index in [9.17, 15) is 18.0 Å². The Morgan fingerprint density at radius 1 is 1.13 bits per heavy atom. The Bertz CT molecular complexity index is 1250. The lowest BCUT2D eigenvalue weighted by Crippen LogP contribution is -2.43. The van der Waals surface area contributed by atoms with E-state index >= 15 is 0 Å². The van der Waals surface area contributed by atoms with Gasteiger partial charge in [0.2, 0.25) is 10.0 Å². The van der Waals surface area contributed by atoms with Gasteiger partial charge in [-0.25, -0.2) is 18.0 Å². The van der Waals surface area contributed by atoms with Crippen molar-refractivity contribution in [1.29, 1.82) is 0 Å². The minimum absolute atomic E-state index is 0.0722. The van der Waals surface area contributed by atoms with Gasteiger partial charge in [-0.3, -0.25) is 0 Å². The van der Waals surface area contributed by atoms with Crippen LogP contribution in [0.2, 0.25) is 0 Å². The molecule has 2 aromatic carbocycles. The molecule has 1 unspecified atom stereocenters. The third-order valence-corrected chi connectivity index (χ3v) is 6.80. The monoisotopic (exact) mass is 461 g/mol. The molecule has 7 nitrogen and oxygen atoms in total. The molecule has 0 aliphatic carbocycles. The molecule has 0 fully saturated rings. The van der Waals surface area contributed by atoms with Gasteiger partial charge in [-0.2, -0.15) is 16.5 Å². The van der Waals surface area contributed by atoms with E-state index in [0.29, 0.717) is 5.75 Å². The van der Waals surface area contributed by atoms with Crippen LogP contribution in [0.25, 0.3) is 11.0 Å². The molecule has 164 valence electrons. The molecule has 0 saturated heterocycles. The van der Waals surface area contributed by atoms with Crippen molar-refractivity contribution in [3.63, 3.8) is 0 Å². The first kappa shape index (κ1) is 23.1. The molecule has 0 aliphatic rings. The highest BCUT2D eigenvalue weighted by molar-refractivity contribution is 7.98. The van der Waals surface area contributed by atoms with Crippen LogP contribution in [-0.2, 0) is 14.8 Å². The Kier molecular flexibility index (Phi) is 7.19. The Labute approximate surface area is 184 Å². The Morgan fingerprint density at radius 2 is 1.84 bits per heavy atom. The predicted octanol–water partition coefficient (Wildman–Crippen LogP) is 3.42. The summed E-state index contributed by atoms with van der Waals surface area (Å²) >= 11 is 1.49. The first-order valence-electron chi connectivity index (χ1n) is 9.54. The average Bonchev–Trinajstić information content (AvgIpc) is 2.71. The number of nitrogens with one attached hydrogen (secondary N) is 1. The number of thioether (sulfide) groups is 1. The zero-order chi connectivity index (χ0) is 22.6. The number of rotatable bonds is 8. The molecule has 0 spiro atoms. The Morgan fingerprint density at radius 3 is 2.52 bits per heavy atom. The van der Waals surface area contributed by atoms with Gasteiger partial charge >= 0.3 is 11.6 Å². The van der Waals surface area contributed by atoms with E-state index in [1.807, 2.05) is 13.2 Å². The lowest BCUT2D eigenvalue weighted by molar-refractivity contribution is -0.136. The minimum atomic E-state index is -3.91. The molecule has 0 amide bonds. The zero-order valence-electron chi connectivity index (χ0n) is 17.4. The molecular weight excluding hydrogens is 438 g/mol. The van der Waals surface area contributed by atoms with Crippen molar-refractivity contribution in [1.82, 2.24) is 4.72 Å². The first-order chi connectivity index (χ1) is 14.7. The normalized spacial score (nSPS) is 12.6. The van der Waals surface area contributed by atoms with E-state index in [0.717, 1.165) is 16.5 Å². The van der Waals surface area contributed by atoms with Crippen LogP contribution < -0.4 is 15.1 Å². The topological polar surface area (TPSA) is 103 Å². The first-order valence-corrected chi connectivity index (χ1v) is 12.4. The van der Waals surface area contributed by atoms with Crippen molar-refractivity contribution < 1.29 is 22.4 Å². The number of carbonyl (C=O) groups is 1. The van der Waals surface area contributed by atoms with Gasteiger partial charge in [-0.05, 0) is 62.1 Å². The maximum Gasteiger partial charge on any atom is 0.336 e. The summed E-state index contributed by atoms with van der Waals surface area (Å²) in [5.41, 5.74) is 1.46. The Balaban J connectivity index is 1.83. The number of benzene rings is 2. The van der Waals surface area contributed by atoms with E-state index in [4.69, 9.17) is 9.15 Å². The fourth-order valence-corrected chi connectivity index (χ4v) is 4.68.